The first-order valence-corrected chi connectivity index (χ1v) is 9.42. The summed E-state index contributed by atoms with van der Waals surface area (Å²) < 4.78 is 0. The van der Waals surface area contributed by atoms with Gasteiger partial charge in [0, 0.05) is 17.8 Å². The van der Waals surface area contributed by atoms with E-state index in [0.717, 1.165) is 17.7 Å². The molecule has 0 aliphatic rings. The fourth-order valence-corrected chi connectivity index (χ4v) is 3.00. The predicted octanol–water partition coefficient (Wildman–Crippen LogP) is 3.38. The molecule has 28 heavy (non-hydrogen) atoms. The molecule has 0 atom stereocenters. The number of para-hydroxylation sites is 1. The lowest BCUT2D eigenvalue weighted by Crippen LogP contribution is -2.41. The van der Waals surface area contributed by atoms with Crippen LogP contribution in [0.4, 0.5) is 5.69 Å². The number of amides is 3. The zero-order valence-corrected chi connectivity index (χ0v) is 17.1. The fraction of sp³-hybridized carbons (Fsp3) is 0.250. The van der Waals surface area contributed by atoms with Crippen molar-refractivity contribution in [1.29, 1.82) is 0 Å². The van der Waals surface area contributed by atoms with E-state index in [1.165, 1.54) is 30.1 Å². The van der Waals surface area contributed by atoms with E-state index >= 15 is 0 Å². The van der Waals surface area contributed by atoms with Crippen molar-refractivity contribution in [3.63, 3.8) is 0 Å². The normalized spacial score (nSPS) is 10.3. The van der Waals surface area contributed by atoms with Crippen LogP contribution in [0.15, 0.2) is 42.5 Å². The highest BCUT2D eigenvalue weighted by atomic mass is 35.5. The van der Waals surface area contributed by atoms with Crippen LogP contribution in [0.2, 0.25) is 10.0 Å². The van der Waals surface area contributed by atoms with Gasteiger partial charge >= 0.3 is 0 Å². The largest absolute Gasteiger partial charge is 0.343 e. The Kier molecular flexibility index (Phi) is 7.84. The molecule has 0 fully saturated rings. The molecule has 8 heteroatoms. The van der Waals surface area contributed by atoms with Gasteiger partial charge in [0.15, 0.2) is 0 Å². The van der Waals surface area contributed by atoms with E-state index in [0.29, 0.717) is 5.02 Å². The second-order valence-electron chi connectivity index (χ2n) is 6.12. The van der Waals surface area contributed by atoms with Crippen LogP contribution >= 0.6 is 23.2 Å². The van der Waals surface area contributed by atoms with Crippen molar-refractivity contribution in [3.8, 4) is 0 Å². The first-order chi connectivity index (χ1) is 13.3. The number of rotatable bonds is 7. The molecule has 0 aliphatic carbocycles. The van der Waals surface area contributed by atoms with Crippen molar-refractivity contribution in [2.24, 2.45) is 0 Å². The number of benzene rings is 2. The minimum Gasteiger partial charge on any atom is -0.343 e. The number of aryl methyl sites for hydroxylation is 1. The number of anilines is 1. The third-order valence-electron chi connectivity index (χ3n) is 4.05. The molecule has 2 rings (SSSR count). The van der Waals surface area contributed by atoms with E-state index in [-0.39, 0.29) is 29.6 Å². The first-order valence-electron chi connectivity index (χ1n) is 8.66. The Hall–Kier alpha value is -2.57. The molecule has 2 aromatic rings. The second-order valence-corrected chi connectivity index (χ2v) is 6.96. The van der Waals surface area contributed by atoms with Crippen molar-refractivity contribution in [2.75, 3.05) is 25.5 Å². The number of nitrogens with zero attached hydrogens (tertiary/aromatic N) is 1. The Morgan fingerprint density at radius 1 is 1.07 bits per heavy atom. The minimum atomic E-state index is -0.496. The van der Waals surface area contributed by atoms with Crippen molar-refractivity contribution in [3.05, 3.63) is 63.6 Å². The number of hydrogen-bond donors (Lipinski definition) is 2. The highest BCUT2D eigenvalue weighted by Gasteiger charge is 2.16. The highest BCUT2D eigenvalue weighted by Crippen LogP contribution is 2.20. The summed E-state index contributed by atoms with van der Waals surface area (Å²) in [4.78, 5) is 37.8. The maximum Gasteiger partial charge on any atom is 0.253 e. The van der Waals surface area contributed by atoms with E-state index in [4.69, 9.17) is 23.2 Å². The van der Waals surface area contributed by atoms with E-state index in [2.05, 4.69) is 10.6 Å². The number of hydrogen-bond acceptors (Lipinski definition) is 3. The Morgan fingerprint density at radius 3 is 2.46 bits per heavy atom. The monoisotopic (exact) mass is 421 g/mol. The molecule has 0 saturated heterocycles. The van der Waals surface area contributed by atoms with Crippen LogP contribution in [0.25, 0.3) is 0 Å². The van der Waals surface area contributed by atoms with Gasteiger partial charge in [-0.15, -0.1) is 0 Å². The molecule has 0 aliphatic heterocycles. The van der Waals surface area contributed by atoms with Gasteiger partial charge in [0.2, 0.25) is 11.8 Å². The molecule has 2 N–H and O–H groups in total. The predicted molar refractivity (Wildman–Crippen MR) is 111 cm³/mol. The van der Waals surface area contributed by atoms with Crippen LogP contribution in [0.3, 0.4) is 0 Å². The quantitative estimate of drug-likeness (QED) is 0.718. The van der Waals surface area contributed by atoms with Gasteiger partial charge < -0.3 is 15.5 Å². The van der Waals surface area contributed by atoms with Gasteiger partial charge in [0.05, 0.1) is 23.7 Å². The average Bonchev–Trinajstić information content (AvgIpc) is 2.66. The lowest BCUT2D eigenvalue weighted by atomic mass is 10.1. The first kappa shape index (κ1) is 21.7. The number of carbonyl (C=O) groups is 3. The van der Waals surface area contributed by atoms with Crippen molar-refractivity contribution >= 4 is 46.6 Å². The van der Waals surface area contributed by atoms with Gasteiger partial charge in [-0.1, -0.05) is 48.3 Å². The van der Waals surface area contributed by atoms with Crippen molar-refractivity contribution < 1.29 is 14.4 Å². The van der Waals surface area contributed by atoms with E-state index in [1.807, 2.05) is 31.2 Å². The van der Waals surface area contributed by atoms with Gasteiger partial charge in [0.1, 0.15) is 0 Å². The average molecular weight is 422 g/mol. The molecule has 2 aromatic carbocycles. The minimum absolute atomic E-state index is 0.131. The maximum absolute atomic E-state index is 12.2. The van der Waals surface area contributed by atoms with Crippen LogP contribution in [-0.4, -0.2) is 42.8 Å². The standard InChI is InChI=1S/C20H21Cl2N3O3/c1-3-13-6-4-5-7-17(13)24-18(26)12-25(2)19(27)11-23-20(28)15-9-8-14(21)10-16(15)22/h4-10H,3,11-12H2,1-2H3,(H,23,28)(H,24,26). The highest BCUT2D eigenvalue weighted by molar-refractivity contribution is 6.36. The SMILES string of the molecule is CCc1ccccc1NC(=O)CN(C)C(=O)CNC(=O)c1ccc(Cl)cc1Cl. The Labute approximate surface area is 173 Å². The third kappa shape index (κ3) is 5.97. The molecule has 6 nitrogen and oxygen atoms in total. The van der Waals surface area contributed by atoms with Crippen LogP contribution in [0.1, 0.15) is 22.8 Å². The molecule has 148 valence electrons. The lowest BCUT2D eigenvalue weighted by Gasteiger charge is -2.18. The smallest absolute Gasteiger partial charge is 0.253 e. The molecule has 3 amide bonds. The summed E-state index contributed by atoms with van der Waals surface area (Å²) in [5.41, 5.74) is 1.95. The summed E-state index contributed by atoms with van der Waals surface area (Å²) in [5, 5.41) is 5.90. The van der Waals surface area contributed by atoms with Crippen LogP contribution in [0, 0.1) is 0 Å². The van der Waals surface area contributed by atoms with Crippen LogP contribution in [-0.2, 0) is 16.0 Å². The van der Waals surface area contributed by atoms with Crippen LogP contribution < -0.4 is 10.6 Å². The third-order valence-corrected chi connectivity index (χ3v) is 4.60. The number of likely N-dealkylation sites (N-methyl/N-ethyl adjacent to an activating group) is 1. The molecular weight excluding hydrogens is 401 g/mol. The Bertz CT molecular complexity index is 887. The summed E-state index contributed by atoms with van der Waals surface area (Å²) >= 11 is 11.8. The maximum atomic E-state index is 12.2. The second kappa shape index (κ2) is 10.1. The topological polar surface area (TPSA) is 78.5 Å². The van der Waals surface area contributed by atoms with Crippen molar-refractivity contribution in [2.45, 2.75) is 13.3 Å². The summed E-state index contributed by atoms with van der Waals surface area (Å²) in [6, 6.07) is 11.9. The van der Waals surface area contributed by atoms with E-state index in [9.17, 15) is 14.4 Å². The summed E-state index contributed by atoms with van der Waals surface area (Å²) in [7, 11) is 1.50. The fourth-order valence-electron chi connectivity index (χ4n) is 2.50. The zero-order chi connectivity index (χ0) is 20.7. The van der Waals surface area contributed by atoms with Gasteiger partial charge in [-0.2, -0.15) is 0 Å². The zero-order valence-electron chi connectivity index (χ0n) is 15.6. The van der Waals surface area contributed by atoms with E-state index in [1.54, 1.807) is 0 Å². The summed E-state index contributed by atoms with van der Waals surface area (Å²) in [6.07, 6.45) is 0.782. The molecule has 0 heterocycles. The van der Waals surface area contributed by atoms with E-state index < -0.39 is 11.8 Å². The molecule has 0 spiro atoms. The lowest BCUT2D eigenvalue weighted by molar-refractivity contribution is -0.132. The van der Waals surface area contributed by atoms with Gasteiger partial charge in [-0.05, 0) is 36.2 Å². The number of carbonyl (C=O) groups excluding carboxylic acids is 3. The summed E-state index contributed by atoms with van der Waals surface area (Å²) in [6.45, 7) is 1.61. The molecule has 0 unspecified atom stereocenters. The van der Waals surface area contributed by atoms with Crippen molar-refractivity contribution in [1.82, 2.24) is 10.2 Å². The number of halogens is 2. The molecule has 0 bridgehead atoms. The molecular formula is C20H21Cl2N3O3. The molecule has 0 aromatic heterocycles. The van der Waals surface area contributed by atoms with Crippen LogP contribution in [0.5, 0.6) is 0 Å². The molecule has 0 saturated carbocycles. The Balaban J connectivity index is 1.86. The van der Waals surface area contributed by atoms with Gasteiger partial charge in [0.25, 0.3) is 5.91 Å². The summed E-state index contributed by atoms with van der Waals surface area (Å²) in [5.74, 6) is -1.22. The van der Waals surface area contributed by atoms with Gasteiger partial charge in [-0.25, -0.2) is 0 Å². The Morgan fingerprint density at radius 2 is 1.79 bits per heavy atom. The molecule has 0 radical (unpaired) electrons. The van der Waals surface area contributed by atoms with Gasteiger partial charge in [-0.3, -0.25) is 14.4 Å². The number of nitrogens with one attached hydrogen (secondary N) is 2.